The highest BCUT2D eigenvalue weighted by atomic mass is 32.1. The number of carbonyl (C=O) groups is 1. The molecule has 0 aliphatic rings. The molecular formula is C15H18N4O2S. The van der Waals surface area contributed by atoms with Gasteiger partial charge in [-0.1, -0.05) is 20.8 Å². The first kappa shape index (κ1) is 14.9. The van der Waals surface area contributed by atoms with Gasteiger partial charge >= 0.3 is 5.97 Å². The molecule has 22 heavy (non-hydrogen) atoms. The fourth-order valence-electron chi connectivity index (χ4n) is 2.44. The van der Waals surface area contributed by atoms with E-state index in [1.807, 2.05) is 11.3 Å². The zero-order valence-electron chi connectivity index (χ0n) is 13.3. The third-order valence-corrected chi connectivity index (χ3v) is 4.65. The van der Waals surface area contributed by atoms with Gasteiger partial charge in [-0.15, -0.1) is 21.5 Å². The molecule has 0 saturated heterocycles. The molecule has 3 aromatic heterocycles. The summed E-state index contributed by atoms with van der Waals surface area (Å²) in [7, 11) is 0. The van der Waals surface area contributed by atoms with Crippen LogP contribution in [0.2, 0.25) is 0 Å². The van der Waals surface area contributed by atoms with E-state index in [9.17, 15) is 4.79 Å². The van der Waals surface area contributed by atoms with Gasteiger partial charge in [0, 0.05) is 5.41 Å². The Hall–Kier alpha value is -2.02. The molecule has 0 N–H and O–H groups in total. The van der Waals surface area contributed by atoms with Gasteiger partial charge in [-0.3, -0.25) is 4.40 Å². The molecule has 0 saturated carbocycles. The Bertz CT molecular complexity index is 873. The molecule has 0 aliphatic carbocycles. The molecule has 0 atom stereocenters. The van der Waals surface area contributed by atoms with E-state index in [-0.39, 0.29) is 11.4 Å². The smallest absolute Gasteiger partial charge is 0.348 e. The van der Waals surface area contributed by atoms with Gasteiger partial charge in [-0.2, -0.15) is 0 Å². The number of esters is 1. The maximum absolute atomic E-state index is 12.1. The van der Waals surface area contributed by atoms with Crippen molar-refractivity contribution in [3.8, 4) is 0 Å². The van der Waals surface area contributed by atoms with Crippen molar-refractivity contribution >= 4 is 33.2 Å². The molecule has 0 radical (unpaired) electrons. The summed E-state index contributed by atoms with van der Waals surface area (Å²) >= 11 is 1.34. The SMILES string of the molecule is CCOC(=O)c1sc2ncn3c(C(C)(C)C)nnc3c2c1C. The van der Waals surface area contributed by atoms with Gasteiger partial charge in [0.05, 0.1) is 12.0 Å². The predicted molar refractivity (Wildman–Crippen MR) is 85.6 cm³/mol. The molecule has 0 aliphatic heterocycles. The molecule has 0 bridgehead atoms. The lowest BCUT2D eigenvalue weighted by atomic mass is 9.96. The maximum Gasteiger partial charge on any atom is 0.348 e. The molecule has 7 heteroatoms. The number of aromatic nitrogens is 4. The van der Waals surface area contributed by atoms with Crippen molar-refractivity contribution in [1.29, 1.82) is 0 Å². The van der Waals surface area contributed by atoms with Gasteiger partial charge in [-0.05, 0) is 19.4 Å². The van der Waals surface area contributed by atoms with Crippen molar-refractivity contribution < 1.29 is 9.53 Å². The quantitative estimate of drug-likeness (QED) is 0.679. The average molecular weight is 318 g/mol. The predicted octanol–water partition coefficient (Wildman–Crippen LogP) is 3.12. The third-order valence-electron chi connectivity index (χ3n) is 3.47. The summed E-state index contributed by atoms with van der Waals surface area (Å²) in [5, 5.41) is 9.50. The van der Waals surface area contributed by atoms with Crippen LogP contribution in [0.4, 0.5) is 0 Å². The summed E-state index contributed by atoms with van der Waals surface area (Å²) in [4.78, 5) is 17.9. The monoisotopic (exact) mass is 318 g/mol. The van der Waals surface area contributed by atoms with E-state index in [0.717, 1.165) is 27.3 Å². The topological polar surface area (TPSA) is 69.4 Å². The third kappa shape index (κ3) is 2.16. The number of nitrogens with zero attached hydrogens (tertiary/aromatic N) is 4. The molecule has 0 fully saturated rings. The van der Waals surface area contributed by atoms with E-state index in [1.165, 1.54) is 11.3 Å². The highest BCUT2D eigenvalue weighted by Gasteiger charge is 2.25. The number of rotatable bonds is 2. The molecule has 0 unspecified atom stereocenters. The van der Waals surface area contributed by atoms with Gasteiger partial charge in [0.1, 0.15) is 21.9 Å². The number of hydrogen-bond donors (Lipinski definition) is 0. The molecule has 0 amide bonds. The van der Waals surface area contributed by atoms with Crippen LogP contribution in [0, 0.1) is 6.92 Å². The van der Waals surface area contributed by atoms with Crippen LogP contribution < -0.4 is 0 Å². The minimum Gasteiger partial charge on any atom is -0.462 e. The van der Waals surface area contributed by atoms with Crippen LogP contribution in [0.25, 0.3) is 15.9 Å². The van der Waals surface area contributed by atoms with Crippen LogP contribution in [0.3, 0.4) is 0 Å². The highest BCUT2D eigenvalue weighted by molar-refractivity contribution is 7.20. The first-order valence-corrected chi connectivity index (χ1v) is 7.96. The Morgan fingerprint density at radius 1 is 1.36 bits per heavy atom. The normalized spacial score (nSPS) is 12.2. The Labute approximate surface area is 132 Å². The second kappa shape index (κ2) is 5.01. The highest BCUT2D eigenvalue weighted by Crippen LogP contribution is 2.33. The summed E-state index contributed by atoms with van der Waals surface area (Å²) in [6, 6.07) is 0. The van der Waals surface area contributed by atoms with Gasteiger partial charge in [0.25, 0.3) is 0 Å². The van der Waals surface area contributed by atoms with Gasteiger partial charge in [-0.25, -0.2) is 9.78 Å². The molecule has 116 valence electrons. The zero-order chi connectivity index (χ0) is 16.1. The molecule has 6 nitrogen and oxygen atoms in total. The van der Waals surface area contributed by atoms with Gasteiger partial charge in [0.2, 0.25) is 0 Å². The van der Waals surface area contributed by atoms with Crippen molar-refractivity contribution in [2.75, 3.05) is 6.61 Å². The number of fused-ring (bicyclic) bond motifs is 3. The number of ether oxygens (including phenoxy) is 1. The van der Waals surface area contributed by atoms with Crippen molar-refractivity contribution in [2.24, 2.45) is 0 Å². The van der Waals surface area contributed by atoms with Crippen molar-refractivity contribution in [1.82, 2.24) is 19.6 Å². The fourth-order valence-corrected chi connectivity index (χ4v) is 3.47. The molecular weight excluding hydrogens is 300 g/mol. The lowest BCUT2D eigenvalue weighted by Crippen LogP contribution is -2.16. The summed E-state index contributed by atoms with van der Waals surface area (Å²) in [6.07, 6.45) is 1.73. The zero-order valence-corrected chi connectivity index (χ0v) is 14.1. The van der Waals surface area contributed by atoms with Crippen molar-refractivity contribution in [3.63, 3.8) is 0 Å². The first-order valence-electron chi connectivity index (χ1n) is 7.15. The van der Waals surface area contributed by atoms with Crippen LogP contribution in [0.5, 0.6) is 0 Å². The van der Waals surface area contributed by atoms with Crippen LogP contribution >= 0.6 is 11.3 Å². The number of carbonyl (C=O) groups excluding carboxylic acids is 1. The number of hydrogen-bond acceptors (Lipinski definition) is 6. The van der Waals surface area contributed by atoms with Gasteiger partial charge in [0.15, 0.2) is 5.65 Å². The van der Waals surface area contributed by atoms with E-state index in [0.29, 0.717) is 11.5 Å². The van der Waals surface area contributed by atoms with Crippen LogP contribution in [0.15, 0.2) is 6.33 Å². The molecule has 3 rings (SSSR count). The minimum atomic E-state index is -0.309. The summed E-state index contributed by atoms with van der Waals surface area (Å²) in [5.41, 5.74) is 1.45. The Balaban J connectivity index is 2.29. The van der Waals surface area contributed by atoms with E-state index < -0.39 is 0 Å². The van der Waals surface area contributed by atoms with Gasteiger partial charge < -0.3 is 4.74 Å². The molecule has 3 heterocycles. The number of thiophene rings is 1. The fraction of sp³-hybridized carbons (Fsp3) is 0.467. The standard InChI is InChI=1S/C15H18N4O2S/c1-6-21-13(20)10-8(2)9-11-17-18-14(15(3,4)5)19(11)7-16-12(9)22-10/h7H,6H2,1-5H3. The lowest BCUT2D eigenvalue weighted by Gasteiger charge is -2.15. The van der Waals surface area contributed by atoms with Crippen LogP contribution in [-0.2, 0) is 10.2 Å². The second-order valence-electron chi connectivity index (χ2n) is 6.17. The summed E-state index contributed by atoms with van der Waals surface area (Å²) < 4.78 is 7.01. The molecule has 3 aromatic rings. The Morgan fingerprint density at radius 2 is 2.09 bits per heavy atom. The van der Waals surface area contributed by atoms with Crippen molar-refractivity contribution in [2.45, 2.75) is 40.0 Å². The Kier molecular flexibility index (Phi) is 3.40. The average Bonchev–Trinajstić information content (AvgIpc) is 2.99. The molecule has 0 spiro atoms. The maximum atomic E-state index is 12.1. The Morgan fingerprint density at radius 3 is 2.73 bits per heavy atom. The van der Waals surface area contributed by atoms with Crippen molar-refractivity contribution in [3.05, 3.63) is 22.6 Å². The first-order chi connectivity index (χ1) is 10.3. The van der Waals surface area contributed by atoms with E-state index >= 15 is 0 Å². The summed E-state index contributed by atoms with van der Waals surface area (Å²) in [5.74, 6) is 0.539. The van der Waals surface area contributed by atoms with E-state index in [1.54, 1.807) is 13.3 Å². The largest absolute Gasteiger partial charge is 0.462 e. The van der Waals surface area contributed by atoms with Crippen LogP contribution in [0.1, 0.15) is 48.8 Å². The summed E-state index contributed by atoms with van der Waals surface area (Å²) in [6.45, 7) is 10.3. The minimum absolute atomic E-state index is 0.136. The molecule has 0 aromatic carbocycles. The van der Waals surface area contributed by atoms with E-state index in [2.05, 4.69) is 36.0 Å². The van der Waals surface area contributed by atoms with Crippen LogP contribution in [-0.4, -0.2) is 32.2 Å². The van der Waals surface area contributed by atoms with E-state index in [4.69, 9.17) is 4.74 Å². The number of aryl methyl sites for hydroxylation is 1. The second-order valence-corrected chi connectivity index (χ2v) is 7.17. The lowest BCUT2D eigenvalue weighted by molar-refractivity contribution is 0.0531.